The van der Waals surface area contributed by atoms with Gasteiger partial charge in [0.05, 0.1) is 30.7 Å². The fourth-order valence-electron chi connectivity index (χ4n) is 4.28. The van der Waals surface area contributed by atoms with Crippen LogP contribution in [0.3, 0.4) is 0 Å². The van der Waals surface area contributed by atoms with Crippen molar-refractivity contribution in [1.82, 2.24) is 5.32 Å². The van der Waals surface area contributed by atoms with E-state index >= 15 is 0 Å². The lowest BCUT2D eigenvalue weighted by molar-refractivity contribution is -0.137. The zero-order valence-corrected chi connectivity index (χ0v) is 18.1. The summed E-state index contributed by atoms with van der Waals surface area (Å²) < 4.78 is 10.4. The van der Waals surface area contributed by atoms with Gasteiger partial charge in [0.25, 0.3) is 0 Å². The van der Waals surface area contributed by atoms with Crippen molar-refractivity contribution in [3.63, 3.8) is 0 Å². The van der Waals surface area contributed by atoms with Crippen LogP contribution in [0.15, 0.2) is 102 Å². The Hall–Kier alpha value is -3.70. The van der Waals surface area contributed by atoms with Crippen molar-refractivity contribution in [2.45, 2.75) is 24.9 Å². The minimum Gasteiger partial charge on any atom is -0.466 e. The smallest absolute Gasteiger partial charge is 0.336 e. The molecule has 32 heavy (non-hydrogen) atoms. The molecule has 1 N–H and O–H groups in total. The van der Waals surface area contributed by atoms with Crippen LogP contribution in [0.2, 0.25) is 0 Å². The largest absolute Gasteiger partial charge is 0.466 e. The molecule has 0 aromatic heterocycles. The summed E-state index contributed by atoms with van der Waals surface area (Å²) in [6.07, 6.45) is 0.109. The maximum absolute atomic E-state index is 12.3. The van der Waals surface area contributed by atoms with Gasteiger partial charge in [0.2, 0.25) is 0 Å². The van der Waals surface area contributed by atoms with Gasteiger partial charge >= 0.3 is 11.9 Å². The van der Waals surface area contributed by atoms with Gasteiger partial charge in [-0.1, -0.05) is 91.0 Å². The van der Waals surface area contributed by atoms with Crippen molar-refractivity contribution in [1.29, 1.82) is 0 Å². The highest BCUT2D eigenvalue weighted by atomic mass is 16.6. The average molecular weight is 428 g/mol. The number of methoxy groups -OCH3 is 1. The Morgan fingerprint density at radius 3 is 1.72 bits per heavy atom. The van der Waals surface area contributed by atoms with Crippen LogP contribution in [0.1, 0.15) is 30.0 Å². The van der Waals surface area contributed by atoms with Crippen LogP contribution in [0.4, 0.5) is 0 Å². The fraction of sp³-hybridized carbons (Fsp3) is 0.185. The molecule has 1 aliphatic rings. The van der Waals surface area contributed by atoms with E-state index in [1.54, 1.807) is 6.92 Å². The van der Waals surface area contributed by atoms with Crippen molar-refractivity contribution < 1.29 is 19.1 Å². The lowest BCUT2D eigenvalue weighted by atomic mass is 9.76. The SMILES string of the molecule is COC(=O)/C(C)=C1/OC(=O)C[C@@H]1NC(c1ccccc1)(c1ccccc1)c1ccccc1. The van der Waals surface area contributed by atoms with Crippen molar-refractivity contribution in [2.24, 2.45) is 0 Å². The van der Waals surface area contributed by atoms with Crippen LogP contribution in [0.5, 0.6) is 0 Å². The van der Waals surface area contributed by atoms with E-state index in [0.29, 0.717) is 5.76 Å². The fourth-order valence-corrected chi connectivity index (χ4v) is 4.28. The molecule has 0 bridgehead atoms. The Balaban J connectivity index is 1.94. The first-order chi connectivity index (χ1) is 15.6. The van der Waals surface area contributed by atoms with Gasteiger partial charge in [0.15, 0.2) is 0 Å². The molecule has 0 amide bonds. The molecule has 162 valence electrons. The number of carbonyl (C=O) groups excluding carboxylic acids is 2. The number of nitrogens with one attached hydrogen (secondary N) is 1. The monoisotopic (exact) mass is 427 g/mol. The first kappa shape index (κ1) is 21.5. The Morgan fingerprint density at radius 1 is 0.875 bits per heavy atom. The van der Waals surface area contributed by atoms with Crippen LogP contribution in [0.25, 0.3) is 0 Å². The summed E-state index contributed by atoms with van der Waals surface area (Å²) in [5.74, 6) is -0.607. The number of hydrogen-bond donors (Lipinski definition) is 1. The summed E-state index contributed by atoms with van der Waals surface area (Å²) in [6.45, 7) is 1.61. The molecule has 0 aliphatic carbocycles. The van der Waals surface area contributed by atoms with E-state index in [1.165, 1.54) is 7.11 Å². The third kappa shape index (κ3) is 3.95. The Labute approximate surface area is 187 Å². The number of benzene rings is 3. The van der Waals surface area contributed by atoms with E-state index in [1.807, 2.05) is 54.6 Å². The normalized spacial score (nSPS) is 17.6. The topological polar surface area (TPSA) is 64.6 Å². The zero-order valence-electron chi connectivity index (χ0n) is 18.1. The minimum atomic E-state index is -0.788. The van der Waals surface area contributed by atoms with Gasteiger partial charge < -0.3 is 9.47 Å². The van der Waals surface area contributed by atoms with Crippen LogP contribution in [-0.4, -0.2) is 25.1 Å². The lowest BCUT2D eigenvalue weighted by Gasteiger charge is -2.39. The predicted octanol–water partition coefficient (Wildman–Crippen LogP) is 4.33. The summed E-state index contributed by atoms with van der Waals surface area (Å²) in [5, 5.41) is 3.71. The minimum absolute atomic E-state index is 0.109. The second kappa shape index (κ2) is 9.20. The third-order valence-electron chi connectivity index (χ3n) is 5.78. The molecular weight excluding hydrogens is 402 g/mol. The predicted molar refractivity (Wildman–Crippen MR) is 122 cm³/mol. The quantitative estimate of drug-likeness (QED) is 0.360. The van der Waals surface area contributed by atoms with E-state index in [-0.39, 0.29) is 18.0 Å². The number of carbonyl (C=O) groups is 2. The highest BCUT2D eigenvalue weighted by Crippen LogP contribution is 2.39. The van der Waals surface area contributed by atoms with Gasteiger partial charge in [-0.05, 0) is 23.6 Å². The van der Waals surface area contributed by atoms with Gasteiger partial charge in [0.1, 0.15) is 5.76 Å². The molecule has 1 fully saturated rings. The van der Waals surface area contributed by atoms with Gasteiger partial charge in [-0.15, -0.1) is 0 Å². The first-order valence-corrected chi connectivity index (χ1v) is 10.5. The number of esters is 2. The molecule has 0 saturated carbocycles. The summed E-state index contributed by atoms with van der Waals surface area (Å²) in [7, 11) is 1.31. The molecule has 5 nitrogen and oxygen atoms in total. The molecule has 4 rings (SSSR count). The Bertz CT molecular complexity index is 1030. The molecule has 1 aliphatic heterocycles. The molecular formula is C27H25NO4. The zero-order chi connectivity index (χ0) is 22.6. The number of cyclic esters (lactones) is 1. The maximum atomic E-state index is 12.3. The van der Waals surface area contributed by atoms with Gasteiger partial charge in [-0.2, -0.15) is 0 Å². The highest BCUT2D eigenvalue weighted by Gasteiger charge is 2.43. The molecule has 0 radical (unpaired) electrons. The number of ether oxygens (including phenoxy) is 2. The van der Waals surface area contributed by atoms with Gasteiger partial charge in [-0.3, -0.25) is 10.1 Å². The van der Waals surface area contributed by atoms with Crippen LogP contribution < -0.4 is 5.32 Å². The Kier molecular flexibility index (Phi) is 6.19. The van der Waals surface area contributed by atoms with E-state index in [9.17, 15) is 9.59 Å². The summed E-state index contributed by atoms with van der Waals surface area (Å²) in [4.78, 5) is 24.6. The standard InChI is InChI=1S/C27H25NO4/c1-19(26(30)31-2)25-23(18-24(29)32-25)28-27(20-12-6-3-7-13-20,21-14-8-4-9-15-21)22-16-10-5-11-17-22/h3-17,23,28H,18H2,1-2H3/b25-19+/t23-/m0/s1. The Morgan fingerprint density at radius 2 is 1.31 bits per heavy atom. The molecule has 5 heteroatoms. The molecule has 0 spiro atoms. The highest BCUT2D eigenvalue weighted by molar-refractivity contribution is 5.90. The second-order valence-electron chi connectivity index (χ2n) is 7.70. The molecule has 3 aromatic carbocycles. The van der Waals surface area contributed by atoms with Crippen LogP contribution in [0, 0.1) is 0 Å². The van der Waals surface area contributed by atoms with Crippen molar-refractivity contribution >= 4 is 11.9 Å². The number of rotatable bonds is 6. The lowest BCUT2D eigenvalue weighted by Crippen LogP contribution is -2.50. The van der Waals surface area contributed by atoms with E-state index in [4.69, 9.17) is 9.47 Å². The molecule has 1 atom stereocenters. The summed E-state index contributed by atoms with van der Waals surface area (Å²) >= 11 is 0. The number of hydrogen-bond acceptors (Lipinski definition) is 5. The van der Waals surface area contributed by atoms with Crippen molar-refractivity contribution in [3.05, 3.63) is 119 Å². The summed E-state index contributed by atoms with van der Waals surface area (Å²) in [5.41, 5.74) is 2.51. The van der Waals surface area contributed by atoms with E-state index in [2.05, 4.69) is 41.7 Å². The molecule has 1 saturated heterocycles. The first-order valence-electron chi connectivity index (χ1n) is 10.5. The molecule has 3 aromatic rings. The van der Waals surface area contributed by atoms with Gasteiger partial charge in [0, 0.05) is 0 Å². The molecule has 0 unspecified atom stereocenters. The maximum Gasteiger partial charge on any atom is 0.336 e. The van der Waals surface area contributed by atoms with E-state index < -0.39 is 17.6 Å². The summed E-state index contributed by atoms with van der Waals surface area (Å²) in [6, 6.07) is 29.7. The second-order valence-corrected chi connectivity index (χ2v) is 7.70. The van der Waals surface area contributed by atoms with Gasteiger partial charge in [-0.25, -0.2) is 4.79 Å². The average Bonchev–Trinajstić information content (AvgIpc) is 3.22. The third-order valence-corrected chi connectivity index (χ3v) is 5.78. The van der Waals surface area contributed by atoms with Crippen LogP contribution >= 0.6 is 0 Å². The molecule has 1 heterocycles. The van der Waals surface area contributed by atoms with E-state index in [0.717, 1.165) is 16.7 Å². The van der Waals surface area contributed by atoms with Crippen molar-refractivity contribution in [2.75, 3.05) is 7.11 Å². The van der Waals surface area contributed by atoms with Crippen molar-refractivity contribution in [3.8, 4) is 0 Å². The van der Waals surface area contributed by atoms with Crippen LogP contribution in [-0.2, 0) is 24.6 Å².